The molecule has 0 aliphatic carbocycles. The lowest BCUT2D eigenvalue weighted by Gasteiger charge is -2.07. The van der Waals surface area contributed by atoms with Crippen molar-refractivity contribution in [1.29, 1.82) is 0 Å². The van der Waals surface area contributed by atoms with Crippen LogP contribution in [0.3, 0.4) is 0 Å². The van der Waals surface area contributed by atoms with E-state index in [1.54, 1.807) is 48.5 Å². The van der Waals surface area contributed by atoms with Crippen molar-refractivity contribution >= 4 is 39.6 Å². The molecule has 0 saturated carbocycles. The molecular weight excluding hydrogens is 356 g/mol. The van der Waals surface area contributed by atoms with E-state index >= 15 is 0 Å². The van der Waals surface area contributed by atoms with Crippen LogP contribution in [0, 0.1) is 0 Å². The smallest absolute Gasteiger partial charge is 0.356 e. The molecule has 0 atom stereocenters. The molecule has 0 amide bonds. The second-order valence-electron chi connectivity index (χ2n) is 6.08. The number of benzene rings is 4. The molecule has 0 aliphatic heterocycles. The highest BCUT2D eigenvalue weighted by Gasteiger charge is 2.21. The Morgan fingerprint density at radius 1 is 0.500 bits per heavy atom. The largest absolute Gasteiger partial charge is 0.524 e. The number of ether oxygens (including phenoxy) is 2. The summed E-state index contributed by atoms with van der Waals surface area (Å²) in [5.41, 5.74) is 0.431. The lowest BCUT2D eigenvalue weighted by molar-refractivity contribution is 0.0340. The van der Waals surface area contributed by atoms with Crippen LogP contribution in [-0.2, 0) is 9.47 Å². The van der Waals surface area contributed by atoms with Crippen molar-refractivity contribution in [1.82, 2.24) is 0 Å². The number of esters is 2. The minimum Gasteiger partial charge on any atom is -0.356 e. The van der Waals surface area contributed by atoms with Crippen molar-refractivity contribution in [3.8, 4) is 0 Å². The Kier molecular flexibility index (Phi) is 4.56. The molecule has 4 rings (SSSR count). The molecule has 5 nitrogen and oxygen atoms in total. The highest BCUT2D eigenvalue weighted by atomic mass is 16.8. The molecule has 0 N–H and O–H groups in total. The number of hydrogen-bond acceptors (Lipinski definition) is 5. The molecule has 0 fully saturated rings. The van der Waals surface area contributed by atoms with Gasteiger partial charge in [-0.25, -0.2) is 14.4 Å². The van der Waals surface area contributed by atoms with Gasteiger partial charge in [-0.2, -0.15) is 0 Å². The van der Waals surface area contributed by atoms with E-state index in [0.29, 0.717) is 10.8 Å². The maximum Gasteiger partial charge on any atom is 0.524 e. The van der Waals surface area contributed by atoms with E-state index in [4.69, 9.17) is 9.47 Å². The van der Waals surface area contributed by atoms with E-state index in [-0.39, 0.29) is 11.1 Å². The van der Waals surface area contributed by atoms with Crippen molar-refractivity contribution in [2.45, 2.75) is 0 Å². The summed E-state index contributed by atoms with van der Waals surface area (Å²) >= 11 is 0. The van der Waals surface area contributed by atoms with E-state index in [9.17, 15) is 14.4 Å². The van der Waals surface area contributed by atoms with Crippen molar-refractivity contribution in [3.05, 3.63) is 96.1 Å². The number of rotatable bonds is 2. The summed E-state index contributed by atoms with van der Waals surface area (Å²) in [6.45, 7) is 0. The summed E-state index contributed by atoms with van der Waals surface area (Å²) in [4.78, 5) is 36.7. The molecule has 0 saturated heterocycles. The molecule has 0 heterocycles. The zero-order chi connectivity index (χ0) is 19.5. The maximum absolute atomic E-state index is 12.4. The summed E-state index contributed by atoms with van der Waals surface area (Å²) in [5, 5.41) is 2.95. The molecule has 28 heavy (non-hydrogen) atoms. The monoisotopic (exact) mass is 370 g/mol. The van der Waals surface area contributed by atoms with Gasteiger partial charge in [-0.1, -0.05) is 72.8 Å². The first-order valence-electron chi connectivity index (χ1n) is 8.57. The molecule has 0 radical (unpaired) electrons. The third-order valence-corrected chi connectivity index (χ3v) is 4.37. The van der Waals surface area contributed by atoms with Gasteiger partial charge in [-0.05, 0) is 33.7 Å². The van der Waals surface area contributed by atoms with Crippen LogP contribution in [0.5, 0.6) is 0 Å². The molecule has 0 unspecified atom stereocenters. The van der Waals surface area contributed by atoms with Gasteiger partial charge in [0.15, 0.2) is 0 Å². The molecular formula is C23H14O5. The highest BCUT2D eigenvalue weighted by Crippen LogP contribution is 2.21. The van der Waals surface area contributed by atoms with Gasteiger partial charge in [-0.3, -0.25) is 0 Å². The SMILES string of the molecule is O=C(OC(=O)c1cccc2ccccc12)OC(=O)c1cccc2ccccc12. The quantitative estimate of drug-likeness (QED) is 0.361. The van der Waals surface area contributed by atoms with Gasteiger partial charge in [0, 0.05) is 0 Å². The van der Waals surface area contributed by atoms with Crippen LogP contribution in [0.25, 0.3) is 21.5 Å². The summed E-state index contributed by atoms with van der Waals surface area (Å²) in [7, 11) is 0. The van der Waals surface area contributed by atoms with Crippen LogP contribution < -0.4 is 0 Å². The summed E-state index contributed by atoms with van der Waals surface area (Å²) < 4.78 is 9.46. The molecule has 0 aliphatic rings. The van der Waals surface area contributed by atoms with Crippen LogP contribution in [0.2, 0.25) is 0 Å². The zero-order valence-corrected chi connectivity index (χ0v) is 14.6. The van der Waals surface area contributed by atoms with Crippen LogP contribution >= 0.6 is 0 Å². The Balaban J connectivity index is 1.52. The predicted octanol–water partition coefficient (Wildman–Crippen LogP) is 5.13. The fraction of sp³-hybridized carbons (Fsp3) is 0. The number of fused-ring (bicyclic) bond motifs is 2. The van der Waals surface area contributed by atoms with Gasteiger partial charge >= 0.3 is 18.1 Å². The van der Waals surface area contributed by atoms with Crippen LogP contribution in [0.4, 0.5) is 4.79 Å². The van der Waals surface area contributed by atoms with Gasteiger partial charge in [-0.15, -0.1) is 0 Å². The fourth-order valence-corrected chi connectivity index (χ4v) is 3.09. The normalized spacial score (nSPS) is 10.6. The second-order valence-corrected chi connectivity index (χ2v) is 6.08. The molecule has 4 aromatic rings. The highest BCUT2D eigenvalue weighted by molar-refractivity contribution is 6.10. The Hall–Kier alpha value is -3.99. The number of carbonyl (C=O) groups excluding carboxylic acids is 3. The van der Waals surface area contributed by atoms with Crippen molar-refractivity contribution in [2.75, 3.05) is 0 Å². The molecule has 0 spiro atoms. The average Bonchev–Trinajstić information content (AvgIpc) is 2.72. The molecule has 0 bridgehead atoms. The fourth-order valence-electron chi connectivity index (χ4n) is 3.09. The van der Waals surface area contributed by atoms with Gasteiger partial charge in [0.25, 0.3) is 0 Å². The van der Waals surface area contributed by atoms with Crippen molar-refractivity contribution < 1.29 is 23.9 Å². The van der Waals surface area contributed by atoms with Crippen molar-refractivity contribution in [2.24, 2.45) is 0 Å². The standard InChI is InChI=1S/C23H14O5/c24-21(19-13-5-9-15-7-1-3-11-17(15)19)27-23(26)28-22(25)20-14-6-10-16-8-2-4-12-18(16)20/h1-14H. The first kappa shape index (κ1) is 17.4. The first-order chi connectivity index (χ1) is 13.6. The van der Waals surface area contributed by atoms with Gasteiger partial charge in [0.2, 0.25) is 0 Å². The lowest BCUT2D eigenvalue weighted by Crippen LogP contribution is -2.18. The van der Waals surface area contributed by atoms with Crippen LogP contribution in [-0.4, -0.2) is 18.1 Å². The van der Waals surface area contributed by atoms with Crippen LogP contribution in [0.1, 0.15) is 20.7 Å². The number of hydrogen-bond donors (Lipinski definition) is 0. The Morgan fingerprint density at radius 3 is 1.36 bits per heavy atom. The lowest BCUT2D eigenvalue weighted by atomic mass is 10.0. The van der Waals surface area contributed by atoms with E-state index < -0.39 is 18.1 Å². The van der Waals surface area contributed by atoms with Gasteiger partial charge in [0.1, 0.15) is 0 Å². The third-order valence-electron chi connectivity index (χ3n) is 4.37. The summed E-state index contributed by atoms with van der Waals surface area (Å²) in [6, 6.07) is 24.6. The zero-order valence-electron chi connectivity index (χ0n) is 14.6. The minimum atomic E-state index is -1.36. The first-order valence-corrected chi connectivity index (χ1v) is 8.57. The minimum absolute atomic E-state index is 0.215. The number of carbonyl (C=O) groups is 3. The maximum atomic E-state index is 12.4. The summed E-state index contributed by atoms with van der Waals surface area (Å²) in [5.74, 6) is -1.76. The van der Waals surface area contributed by atoms with E-state index in [2.05, 4.69) is 0 Å². The second kappa shape index (κ2) is 7.32. The predicted molar refractivity (Wildman–Crippen MR) is 104 cm³/mol. The van der Waals surface area contributed by atoms with E-state index in [1.807, 2.05) is 36.4 Å². The Bertz CT molecular complexity index is 1120. The van der Waals surface area contributed by atoms with Crippen LogP contribution in [0.15, 0.2) is 84.9 Å². The Labute approximate surface area is 160 Å². The molecule has 4 aromatic carbocycles. The molecule has 5 heteroatoms. The third kappa shape index (κ3) is 3.33. The van der Waals surface area contributed by atoms with Crippen molar-refractivity contribution in [3.63, 3.8) is 0 Å². The van der Waals surface area contributed by atoms with Gasteiger partial charge < -0.3 is 9.47 Å². The van der Waals surface area contributed by atoms with Gasteiger partial charge in [0.05, 0.1) is 11.1 Å². The van der Waals surface area contributed by atoms with E-state index in [1.165, 1.54) is 0 Å². The van der Waals surface area contributed by atoms with E-state index in [0.717, 1.165) is 10.8 Å². The average molecular weight is 370 g/mol. The molecule has 136 valence electrons. The topological polar surface area (TPSA) is 69.7 Å². The Morgan fingerprint density at radius 2 is 0.893 bits per heavy atom. The molecule has 0 aromatic heterocycles. The summed E-state index contributed by atoms with van der Waals surface area (Å²) in [6.07, 6.45) is -1.36.